The number of nitrogens with one attached hydrogen (secondary N) is 1. The fourth-order valence-corrected chi connectivity index (χ4v) is 1.54. The van der Waals surface area contributed by atoms with Gasteiger partial charge in [-0.25, -0.2) is 4.98 Å². The van der Waals surface area contributed by atoms with E-state index in [1.165, 1.54) is 5.56 Å². The minimum Gasteiger partial charge on any atom is -0.342 e. The van der Waals surface area contributed by atoms with Gasteiger partial charge < -0.3 is 4.98 Å². The van der Waals surface area contributed by atoms with Crippen LogP contribution in [0.25, 0.3) is 11.3 Å². The van der Waals surface area contributed by atoms with Crippen molar-refractivity contribution in [2.24, 2.45) is 0 Å². The fourth-order valence-electron chi connectivity index (χ4n) is 1.54. The number of imidazole rings is 1. The molecule has 0 aliphatic rings. The summed E-state index contributed by atoms with van der Waals surface area (Å²) in [5.41, 5.74) is 2.30. The van der Waals surface area contributed by atoms with Crippen molar-refractivity contribution < 1.29 is 0 Å². The molecule has 1 aromatic carbocycles. The van der Waals surface area contributed by atoms with Crippen molar-refractivity contribution >= 4 is 0 Å². The monoisotopic (exact) mass is 200 g/mol. The lowest BCUT2D eigenvalue weighted by molar-refractivity contribution is 0.689. The third kappa shape index (κ3) is 2.09. The number of nitrogens with zero attached hydrogens (tertiary/aromatic N) is 1. The van der Waals surface area contributed by atoms with Crippen molar-refractivity contribution in [3.63, 3.8) is 0 Å². The summed E-state index contributed by atoms with van der Waals surface area (Å²) in [6.45, 7) is 4.36. The Morgan fingerprint density at radius 3 is 2.67 bits per heavy atom. The number of aromatic nitrogens is 2. The van der Waals surface area contributed by atoms with Crippen LogP contribution in [-0.2, 0) is 0 Å². The average molecular weight is 200 g/mol. The minimum atomic E-state index is 0.502. The Hall–Kier alpha value is -1.57. The van der Waals surface area contributed by atoms with Crippen molar-refractivity contribution in [1.29, 1.82) is 0 Å². The molecular weight excluding hydrogens is 184 g/mol. The van der Waals surface area contributed by atoms with Gasteiger partial charge in [0.15, 0.2) is 0 Å². The maximum atomic E-state index is 4.41. The predicted octanol–water partition coefficient (Wildman–Crippen LogP) is 3.59. The number of rotatable bonds is 3. The first-order valence-corrected chi connectivity index (χ1v) is 5.41. The molecule has 0 unspecified atom stereocenters. The van der Waals surface area contributed by atoms with E-state index in [9.17, 15) is 0 Å². The van der Waals surface area contributed by atoms with Crippen LogP contribution in [-0.4, -0.2) is 9.97 Å². The third-order valence-corrected chi connectivity index (χ3v) is 2.76. The number of hydrogen-bond donors (Lipinski definition) is 1. The first-order valence-electron chi connectivity index (χ1n) is 5.41. The first-order chi connectivity index (χ1) is 7.31. The lowest BCUT2D eigenvalue weighted by atomic mass is 10.1. The summed E-state index contributed by atoms with van der Waals surface area (Å²) in [7, 11) is 0. The highest BCUT2D eigenvalue weighted by Crippen LogP contribution is 2.20. The molecule has 0 saturated carbocycles. The molecule has 1 heterocycles. The molecule has 0 aliphatic carbocycles. The predicted molar refractivity (Wildman–Crippen MR) is 62.7 cm³/mol. The normalized spacial score (nSPS) is 12.7. The third-order valence-electron chi connectivity index (χ3n) is 2.76. The zero-order valence-corrected chi connectivity index (χ0v) is 9.20. The average Bonchev–Trinajstić information content (AvgIpc) is 2.78. The topological polar surface area (TPSA) is 28.7 Å². The summed E-state index contributed by atoms with van der Waals surface area (Å²) in [6, 6.07) is 10.3. The number of H-pyrrole nitrogens is 1. The molecule has 2 rings (SSSR count). The zero-order chi connectivity index (χ0) is 10.7. The molecule has 15 heavy (non-hydrogen) atoms. The van der Waals surface area contributed by atoms with Crippen molar-refractivity contribution in [2.75, 3.05) is 0 Å². The van der Waals surface area contributed by atoms with Gasteiger partial charge in [0.2, 0.25) is 0 Å². The van der Waals surface area contributed by atoms with Gasteiger partial charge in [-0.1, -0.05) is 44.2 Å². The second kappa shape index (κ2) is 4.30. The fraction of sp³-hybridized carbons (Fsp3) is 0.308. The molecule has 0 spiro atoms. The van der Waals surface area contributed by atoms with Gasteiger partial charge in [-0.15, -0.1) is 0 Å². The van der Waals surface area contributed by atoms with E-state index in [4.69, 9.17) is 0 Å². The highest BCUT2D eigenvalue weighted by Gasteiger charge is 2.07. The summed E-state index contributed by atoms with van der Waals surface area (Å²) in [5, 5.41) is 0. The molecule has 2 aromatic rings. The van der Waals surface area contributed by atoms with Crippen LogP contribution in [0.15, 0.2) is 36.5 Å². The Morgan fingerprint density at radius 2 is 2.00 bits per heavy atom. The van der Waals surface area contributed by atoms with E-state index in [1.807, 2.05) is 24.4 Å². The van der Waals surface area contributed by atoms with Crippen LogP contribution in [0.4, 0.5) is 0 Å². The van der Waals surface area contributed by atoms with Crippen molar-refractivity contribution in [3.05, 3.63) is 42.4 Å². The van der Waals surface area contributed by atoms with Crippen LogP contribution in [0.1, 0.15) is 32.0 Å². The molecular formula is C13H16N2. The molecule has 1 N–H and O–H groups in total. The highest BCUT2D eigenvalue weighted by atomic mass is 14.9. The molecule has 0 fully saturated rings. The molecule has 0 bridgehead atoms. The Kier molecular flexibility index (Phi) is 2.86. The summed E-state index contributed by atoms with van der Waals surface area (Å²) in [4.78, 5) is 7.78. The largest absolute Gasteiger partial charge is 0.342 e. The van der Waals surface area contributed by atoms with E-state index in [1.54, 1.807) is 0 Å². The molecule has 0 aliphatic heterocycles. The Balaban J connectivity index is 2.28. The Labute approximate surface area is 90.4 Å². The van der Waals surface area contributed by atoms with E-state index in [-0.39, 0.29) is 0 Å². The smallest absolute Gasteiger partial charge is 0.109 e. The van der Waals surface area contributed by atoms with Gasteiger partial charge >= 0.3 is 0 Å². The van der Waals surface area contributed by atoms with E-state index >= 15 is 0 Å². The Bertz CT molecular complexity index is 417. The van der Waals surface area contributed by atoms with E-state index in [0.29, 0.717) is 5.92 Å². The van der Waals surface area contributed by atoms with Crippen LogP contribution in [0.2, 0.25) is 0 Å². The quantitative estimate of drug-likeness (QED) is 0.805. The van der Waals surface area contributed by atoms with Gasteiger partial charge in [-0.3, -0.25) is 0 Å². The van der Waals surface area contributed by atoms with Crippen molar-refractivity contribution in [3.8, 4) is 11.3 Å². The van der Waals surface area contributed by atoms with Gasteiger partial charge in [0.25, 0.3) is 0 Å². The van der Waals surface area contributed by atoms with Gasteiger partial charge in [0.1, 0.15) is 5.82 Å². The molecule has 1 aromatic heterocycles. The highest BCUT2D eigenvalue weighted by molar-refractivity contribution is 5.58. The molecule has 2 heteroatoms. The molecule has 78 valence electrons. The van der Waals surface area contributed by atoms with Gasteiger partial charge in [0, 0.05) is 5.92 Å². The van der Waals surface area contributed by atoms with Crippen LogP contribution in [0, 0.1) is 0 Å². The molecule has 0 radical (unpaired) electrons. The van der Waals surface area contributed by atoms with Gasteiger partial charge in [0.05, 0.1) is 11.9 Å². The van der Waals surface area contributed by atoms with Crippen LogP contribution in [0.3, 0.4) is 0 Å². The molecule has 0 saturated heterocycles. The van der Waals surface area contributed by atoms with Crippen LogP contribution < -0.4 is 0 Å². The Morgan fingerprint density at radius 1 is 1.27 bits per heavy atom. The number of benzene rings is 1. The minimum absolute atomic E-state index is 0.502. The van der Waals surface area contributed by atoms with Gasteiger partial charge in [-0.05, 0) is 12.0 Å². The summed E-state index contributed by atoms with van der Waals surface area (Å²) in [6.07, 6.45) is 3.03. The van der Waals surface area contributed by atoms with Crippen LogP contribution >= 0.6 is 0 Å². The molecule has 0 amide bonds. The first kappa shape index (κ1) is 9.97. The zero-order valence-electron chi connectivity index (χ0n) is 9.20. The standard InChI is InChI=1S/C13H16N2/c1-3-10(2)13-14-9-12(15-13)11-7-5-4-6-8-11/h4-10H,3H2,1-2H3,(H,14,15)/t10-/m0/s1. The number of aromatic amines is 1. The lowest BCUT2D eigenvalue weighted by Crippen LogP contribution is -1.93. The van der Waals surface area contributed by atoms with Crippen molar-refractivity contribution in [2.45, 2.75) is 26.2 Å². The van der Waals surface area contributed by atoms with E-state index < -0.39 is 0 Å². The van der Waals surface area contributed by atoms with E-state index in [2.05, 4.69) is 35.9 Å². The lowest BCUT2D eigenvalue weighted by Gasteiger charge is -2.03. The second-order valence-corrected chi connectivity index (χ2v) is 3.86. The summed E-state index contributed by atoms with van der Waals surface area (Å²) in [5.74, 6) is 1.58. The maximum Gasteiger partial charge on any atom is 0.109 e. The number of hydrogen-bond acceptors (Lipinski definition) is 1. The molecule has 2 nitrogen and oxygen atoms in total. The SMILES string of the molecule is CC[C@H](C)c1ncc(-c2ccccc2)[nH]1. The maximum absolute atomic E-state index is 4.41. The van der Waals surface area contributed by atoms with Gasteiger partial charge in [-0.2, -0.15) is 0 Å². The molecule has 1 atom stereocenters. The van der Waals surface area contributed by atoms with Crippen LogP contribution in [0.5, 0.6) is 0 Å². The summed E-state index contributed by atoms with van der Waals surface area (Å²) < 4.78 is 0. The van der Waals surface area contributed by atoms with Crippen molar-refractivity contribution in [1.82, 2.24) is 9.97 Å². The van der Waals surface area contributed by atoms with E-state index in [0.717, 1.165) is 17.9 Å². The second-order valence-electron chi connectivity index (χ2n) is 3.86. The summed E-state index contributed by atoms with van der Waals surface area (Å²) >= 11 is 0.